The third kappa shape index (κ3) is 1.52. The van der Waals surface area contributed by atoms with E-state index in [1.165, 1.54) is 5.69 Å². The normalized spacial score (nSPS) is 31.6. The van der Waals surface area contributed by atoms with Gasteiger partial charge in [-0.25, -0.2) is 0 Å². The Kier molecular flexibility index (Phi) is 2.28. The SMILES string of the molecule is Cc1cc([C@@H]2CC(C#N)CC2C)[nH]n1. The number of aromatic amines is 1. The maximum Gasteiger partial charge on any atom is 0.0656 e. The molecule has 2 rings (SSSR count). The average Bonchev–Trinajstić information content (AvgIpc) is 2.71. The van der Waals surface area contributed by atoms with Gasteiger partial charge in [-0.15, -0.1) is 0 Å². The maximum absolute atomic E-state index is 8.88. The minimum Gasteiger partial charge on any atom is -0.282 e. The van der Waals surface area contributed by atoms with E-state index in [0.717, 1.165) is 18.5 Å². The summed E-state index contributed by atoms with van der Waals surface area (Å²) in [6.45, 7) is 4.21. The van der Waals surface area contributed by atoms with Gasteiger partial charge in [0, 0.05) is 17.5 Å². The Morgan fingerprint density at radius 3 is 2.86 bits per heavy atom. The first kappa shape index (κ1) is 9.26. The number of H-pyrrole nitrogens is 1. The van der Waals surface area contributed by atoms with Gasteiger partial charge >= 0.3 is 0 Å². The zero-order valence-corrected chi connectivity index (χ0v) is 8.62. The van der Waals surface area contributed by atoms with Gasteiger partial charge in [0.15, 0.2) is 0 Å². The Hall–Kier alpha value is -1.30. The molecule has 0 amide bonds. The molecule has 1 aliphatic rings. The third-order valence-corrected chi connectivity index (χ3v) is 3.19. The molecule has 1 N–H and O–H groups in total. The van der Waals surface area contributed by atoms with Crippen LogP contribution in [0.25, 0.3) is 0 Å². The van der Waals surface area contributed by atoms with Gasteiger partial charge in [-0.2, -0.15) is 10.4 Å². The van der Waals surface area contributed by atoms with Crippen molar-refractivity contribution in [2.24, 2.45) is 11.8 Å². The molecule has 1 aliphatic carbocycles. The number of rotatable bonds is 1. The summed E-state index contributed by atoms with van der Waals surface area (Å²) in [6.07, 6.45) is 2.01. The summed E-state index contributed by atoms with van der Waals surface area (Å²) in [6, 6.07) is 4.46. The molecule has 3 atom stereocenters. The molecule has 1 aromatic heterocycles. The molecule has 74 valence electrons. The fourth-order valence-electron chi connectivity index (χ4n) is 2.42. The van der Waals surface area contributed by atoms with Crippen LogP contribution in [0.1, 0.15) is 37.1 Å². The number of aromatic nitrogens is 2. The summed E-state index contributed by atoms with van der Waals surface area (Å²) in [7, 11) is 0. The highest BCUT2D eigenvalue weighted by molar-refractivity contribution is 5.16. The van der Waals surface area contributed by atoms with Crippen LogP contribution in [0.5, 0.6) is 0 Å². The summed E-state index contributed by atoms with van der Waals surface area (Å²) < 4.78 is 0. The predicted molar refractivity (Wildman–Crippen MR) is 53.6 cm³/mol. The molecule has 1 fully saturated rings. The lowest BCUT2D eigenvalue weighted by Crippen LogP contribution is -2.02. The van der Waals surface area contributed by atoms with Gasteiger partial charge in [0.2, 0.25) is 0 Å². The lowest BCUT2D eigenvalue weighted by molar-refractivity contribution is 0.520. The zero-order valence-electron chi connectivity index (χ0n) is 8.62. The van der Waals surface area contributed by atoms with Crippen LogP contribution < -0.4 is 0 Å². The van der Waals surface area contributed by atoms with Crippen molar-refractivity contribution in [2.45, 2.75) is 32.6 Å². The second-order valence-electron chi connectivity index (χ2n) is 4.35. The zero-order chi connectivity index (χ0) is 10.1. The molecule has 0 aliphatic heterocycles. The van der Waals surface area contributed by atoms with Crippen molar-refractivity contribution in [3.05, 3.63) is 17.5 Å². The van der Waals surface area contributed by atoms with Gasteiger partial charge in [0.05, 0.1) is 11.8 Å². The van der Waals surface area contributed by atoms with E-state index in [0.29, 0.717) is 11.8 Å². The van der Waals surface area contributed by atoms with Crippen LogP contribution in [-0.2, 0) is 0 Å². The summed E-state index contributed by atoms with van der Waals surface area (Å²) in [4.78, 5) is 0. The number of aryl methyl sites for hydroxylation is 1. The molecule has 3 heteroatoms. The topological polar surface area (TPSA) is 52.5 Å². The first-order chi connectivity index (χ1) is 6.70. The van der Waals surface area contributed by atoms with Crippen molar-refractivity contribution in [2.75, 3.05) is 0 Å². The van der Waals surface area contributed by atoms with Gasteiger partial charge < -0.3 is 0 Å². The first-order valence-corrected chi connectivity index (χ1v) is 5.12. The molecule has 14 heavy (non-hydrogen) atoms. The number of nitrogens with one attached hydrogen (secondary N) is 1. The number of nitriles is 1. The van der Waals surface area contributed by atoms with E-state index in [9.17, 15) is 0 Å². The largest absolute Gasteiger partial charge is 0.282 e. The molecule has 3 nitrogen and oxygen atoms in total. The van der Waals surface area contributed by atoms with Crippen molar-refractivity contribution >= 4 is 0 Å². The van der Waals surface area contributed by atoms with E-state index in [-0.39, 0.29) is 5.92 Å². The molecule has 0 saturated heterocycles. The average molecular weight is 189 g/mol. The summed E-state index contributed by atoms with van der Waals surface area (Å²) in [5, 5.41) is 16.1. The van der Waals surface area contributed by atoms with Crippen LogP contribution >= 0.6 is 0 Å². The molecule has 1 heterocycles. The summed E-state index contributed by atoms with van der Waals surface area (Å²) in [5.74, 6) is 1.33. The van der Waals surface area contributed by atoms with Crippen molar-refractivity contribution in [3.8, 4) is 6.07 Å². The quantitative estimate of drug-likeness (QED) is 0.737. The second-order valence-corrected chi connectivity index (χ2v) is 4.35. The fourth-order valence-corrected chi connectivity index (χ4v) is 2.42. The smallest absolute Gasteiger partial charge is 0.0656 e. The maximum atomic E-state index is 8.88. The van der Waals surface area contributed by atoms with Crippen molar-refractivity contribution in [1.29, 1.82) is 5.26 Å². The van der Waals surface area contributed by atoms with E-state index >= 15 is 0 Å². The minimum atomic E-state index is 0.235. The molecule has 1 aromatic rings. The van der Waals surface area contributed by atoms with Gasteiger partial charge in [-0.1, -0.05) is 6.92 Å². The van der Waals surface area contributed by atoms with E-state index in [1.54, 1.807) is 0 Å². The van der Waals surface area contributed by atoms with E-state index < -0.39 is 0 Å². The van der Waals surface area contributed by atoms with Gasteiger partial charge in [0.1, 0.15) is 0 Å². The van der Waals surface area contributed by atoms with E-state index in [1.807, 2.05) is 6.92 Å². The summed E-state index contributed by atoms with van der Waals surface area (Å²) >= 11 is 0. The standard InChI is InChI=1S/C11H15N3/c1-7-3-9(6-12)5-10(7)11-4-8(2)13-14-11/h4,7,9-10H,3,5H2,1-2H3,(H,13,14)/t7?,9?,10-/m1/s1. The minimum absolute atomic E-state index is 0.235. The van der Waals surface area contributed by atoms with Crippen molar-refractivity contribution in [1.82, 2.24) is 10.2 Å². The molecule has 0 bridgehead atoms. The Morgan fingerprint density at radius 1 is 1.57 bits per heavy atom. The van der Waals surface area contributed by atoms with Crippen LogP contribution in [0.3, 0.4) is 0 Å². The Bertz CT molecular complexity index is 361. The molecular weight excluding hydrogens is 174 g/mol. The highest BCUT2D eigenvalue weighted by Crippen LogP contribution is 2.41. The van der Waals surface area contributed by atoms with Gasteiger partial charge in [0.25, 0.3) is 0 Å². The molecule has 0 radical (unpaired) electrons. The van der Waals surface area contributed by atoms with Crippen LogP contribution in [-0.4, -0.2) is 10.2 Å². The van der Waals surface area contributed by atoms with E-state index in [2.05, 4.69) is 29.3 Å². The van der Waals surface area contributed by atoms with Crippen LogP contribution in [0.4, 0.5) is 0 Å². The van der Waals surface area contributed by atoms with Crippen LogP contribution in [0.2, 0.25) is 0 Å². The fraction of sp³-hybridized carbons (Fsp3) is 0.636. The lowest BCUT2D eigenvalue weighted by atomic mass is 9.95. The third-order valence-electron chi connectivity index (χ3n) is 3.19. The Morgan fingerprint density at radius 2 is 2.36 bits per heavy atom. The van der Waals surface area contributed by atoms with Crippen molar-refractivity contribution < 1.29 is 0 Å². The van der Waals surface area contributed by atoms with Crippen LogP contribution in [0, 0.1) is 30.1 Å². The summed E-state index contributed by atoms with van der Waals surface area (Å²) in [5.41, 5.74) is 2.24. The Labute approximate surface area is 84.1 Å². The number of nitrogens with zero attached hydrogens (tertiary/aromatic N) is 2. The molecular formula is C11H15N3. The highest BCUT2D eigenvalue weighted by atomic mass is 15.1. The van der Waals surface area contributed by atoms with Gasteiger partial charge in [-0.3, -0.25) is 5.10 Å². The highest BCUT2D eigenvalue weighted by Gasteiger charge is 2.33. The number of hydrogen-bond acceptors (Lipinski definition) is 2. The van der Waals surface area contributed by atoms with Gasteiger partial charge in [-0.05, 0) is 31.7 Å². The molecule has 0 aromatic carbocycles. The van der Waals surface area contributed by atoms with E-state index in [4.69, 9.17) is 5.26 Å². The molecule has 0 spiro atoms. The Balaban J connectivity index is 2.17. The first-order valence-electron chi connectivity index (χ1n) is 5.12. The number of hydrogen-bond donors (Lipinski definition) is 1. The molecule has 1 saturated carbocycles. The second kappa shape index (κ2) is 3.45. The van der Waals surface area contributed by atoms with Crippen LogP contribution in [0.15, 0.2) is 6.07 Å². The predicted octanol–water partition coefficient (Wildman–Crippen LogP) is 2.37. The van der Waals surface area contributed by atoms with Crippen molar-refractivity contribution in [3.63, 3.8) is 0 Å². The lowest BCUT2D eigenvalue weighted by Gasteiger charge is -2.11. The molecule has 2 unspecified atom stereocenters. The monoisotopic (exact) mass is 189 g/mol.